The molecule has 0 aromatic heterocycles. The number of alkyl halides is 2. The number of halogens is 9. The van der Waals surface area contributed by atoms with Gasteiger partial charge in [0.15, 0.2) is 33.0 Å². The normalized spacial score (nSPS) is 29.6. The number of hydrogen-bond acceptors (Lipinski definition) is 5. The number of anilines is 2. The standard InChI is InChI=1S/C32H17Cl3F5IN2O5/c33-18-9-13(44)5-6-15(18)20-14-7-8-16-19(28(46)42(27(16)45)12-3-1-11(41)2-4-12)17(14)10-31(34)29(47)43(30(48)32(20,31)35)26-24(39)22(37)21(36)23(38)25(26)40/h1-7,9,16-17,19-20,44H,8,10H2. The van der Waals surface area contributed by atoms with Gasteiger partial charge < -0.3 is 5.11 Å². The molecule has 7 nitrogen and oxygen atoms in total. The molecule has 0 bridgehead atoms. The minimum Gasteiger partial charge on any atom is -0.508 e. The van der Waals surface area contributed by atoms with Gasteiger partial charge in [0, 0.05) is 14.5 Å². The van der Waals surface area contributed by atoms with Crippen LogP contribution in [0, 0.1) is 50.4 Å². The van der Waals surface area contributed by atoms with E-state index in [4.69, 9.17) is 34.8 Å². The molecule has 1 N–H and O–H groups in total. The number of carbonyl (C=O) groups is 4. The van der Waals surface area contributed by atoms with Crippen LogP contribution < -0.4 is 9.80 Å². The Hall–Kier alpha value is -3.27. The molecule has 3 aromatic carbocycles. The second kappa shape index (κ2) is 11.1. The van der Waals surface area contributed by atoms with Crippen molar-refractivity contribution in [2.45, 2.75) is 28.5 Å². The van der Waals surface area contributed by atoms with Gasteiger partial charge in [0.05, 0.1) is 17.5 Å². The first-order valence-corrected chi connectivity index (χ1v) is 16.4. The summed E-state index contributed by atoms with van der Waals surface area (Å²) in [4.78, 5) is 51.7. The van der Waals surface area contributed by atoms with Crippen LogP contribution >= 0.6 is 57.4 Å². The van der Waals surface area contributed by atoms with E-state index in [0.717, 1.165) is 14.5 Å². The van der Waals surface area contributed by atoms with Crippen molar-refractivity contribution in [1.29, 1.82) is 0 Å². The van der Waals surface area contributed by atoms with Crippen molar-refractivity contribution in [3.8, 4) is 5.75 Å². The van der Waals surface area contributed by atoms with Crippen LogP contribution in [0.4, 0.5) is 33.3 Å². The number of hydrogen-bond donors (Lipinski definition) is 1. The largest absolute Gasteiger partial charge is 0.508 e. The molecule has 3 aromatic rings. The maximum atomic E-state index is 15.2. The van der Waals surface area contributed by atoms with Crippen LogP contribution in [0.15, 0.2) is 54.1 Å². The molecule has 4 aliphatic rings. The highest BCUT2D eigenvalue weighted by Crippen LogP contribution is 2.66. The molecular formula is C32H17Cl3F5IN2O5. The maximum Gasteiger partial charge on any atom is 0.258 e. The lowest BCUT2D eigenvalue weighted by Gasteiger charge is -2.50. The molecule has 2 saturated heterocycles. The third-order valence-corrected chi connectivity index (χ3v) is 12.1. The fourth-order valence-corrected chi connectivity index (χ4v) is 9.08. The topological polar surface area (TPSA) is 95.0 Å². The number of nitrogens with zero attached hydrogens (tertiary/aromatic N) is 2. The Morgan fingerprint density at radius 2 is 1.40 bits per heavy atom. The second-order valence-corrected chi connectivity index (χ2v) is 14.8. The van der Waals surface area contributed by atoms with Gasteiger partial charge in [-0.05, 0) is 83.3 Å². The summed E-state index contributed by atoms with van der Waals surface area (Å²) < 4.78 is 73.9. The van der Waals surface area contributed by atoms with E-state index in [1.807, 2.05) is 0 Å². The number of allylic oxidation sites excluding steroid dienone is 2. The van der Waals surface area contributed by atoms with Gasteiger partial charge in [-0.15, -0.1) is 23.2 Å². The van der Waals surface area contributed by atoms with Crippen LogP contribution in [0.2, 0.25) is 5.02 Å². The van der Waals surface area contributed by atoms with Crippen LogP contribution in [0.25, 0.3) is 0 Å². The Bertz CT molecular complexity index is 2020. The molecule has 2 aliphatic heterocycles. The summed E-state index contributed by atoms with van der Waals surface area (Å²) in [5.74, 6) is -21.8. The lowest BCUT2D eigenvalue weighted by atomic mass is 9.56. The van der Waals surface area contributed by atoms with Gasteiger partial charge in [0.2, 0.25) is 17.6 Å². The zero-order valence-corrected chi connectivity index (χ0v) is 28.1. The third kappa shape index (κ3) is 4.22. The number of carbonyl (C=O) groups excluding carboxylic acids is 4. The summed E-state index contributed by atoms with van der Waals surface area (Å²) in [6.07, 6.45) is 0.884. The highest BCUT2D eigenvalue weighted by Gasteiger charge is 2.77. The van der Waals surface area contributed by atoms with Crippen LogP contribution in [0.1, 0.15) is 24.3 Å². The van der Waals surface area contributed by atoms with Gasteiger partial charge in [0.1, 0.15) is 11.4 Å². The van der Waals surface area contributed by atoms with Crippen molar-refractivity contribution in [1.82, 2.24) is 0 Å². The van der Waals surface area contributed by atoms with E-state index in [-0.39, 0.29) is 38.9 Å². The van der Waals surface area contributed by atoms with Crippen molar-refractivity contribution in [2.75, 3.05) is 9.80 Å². The summed E-state index contributed by atoms with van der Waals surface area (Å²) in [6, 6.07) is 10.1. The quantitative estimate of drug-likeness (QED) is 0.0578. The summed E-state index contributed by atoms with van der Waals surface area (Å²) in [7, 11) is 0. The van der Waals surface area contributed by atoms with Crippen molar-refractivity contribution in [2.24, 2.45) is 17.8 Å². The Morgan fingerprint density at radius 3 is 2.00 bits per heavy atom. The zero-order chi connectivity index (χ0) is 34.8. The molecular weight excluding hydrogens is 821 g/mol. The van der Waals surface area contributed by atoms with E-state index < -0.39 is 98.2 Å². The van der Waals surface area contributed by atoms with Crippen molar-refractivity contribution >= 4 is 92.4 Å². The average molecular weight is 838 g/mol. The third-order valence-electron chi connectivity index (χ3n) is 9.60. The number of fused-ring (bicyclic) bond motifs is 4. The van der Waals surface area contributed by atoms with E-state index in [9.17, 15) is 37.5 Å². The molecule has 4 amide bonds. The molecule has 3 fully saturated rings. The van der Waals surface area contributed by atoms with Gasteiger partial charge in [0.25, 0.3) is 11.8 Å². The molecule has 6 unspecified atom stereocenters. The maximum absolute atomic E-state index is 15.2. The van der Waals surface area contributed by atoms with Crippen molar-refractivity contribution in [3.05, 3.63) is 97.4 Å². The highest BCUT2D eigenvalue weighted by atomic mass is 127. The lowest BCUT2D eigenvalue weighted by molar-refractivity contribution is -0.125. The van der Waals surface area contributed by atoms with Gasteiger partial charge >= 0.3 is 0 Å². The van der Waals surface area contributed by atoms with Crippen LogP contribution in [-0.4, -0.2) is 38.5 Å². The van der Waals surface area contributed by atoms with Crippen LogP contribution in [-0.2, 0) is 19.2 Å². The molecule has 0 radical (unpaired) electrons. The Kier molecular flexibility index (Phi) is 7.70. The first-order chi connectivity index (χ1) is 22.6. The number of rotatable bonds is 3. The van der Waals surface area contributed by atoms with Crippen LogP contribution in [0.5, 0.6) is 5.75 Å². The predicted molar refractivity (Wildman–Crippen MR) is 171 cm³/mol. The number of amides is 4. The zero-order valence-electron chi connectivity index (χ0n) is 23.7. The van der Waals surface area contributed by atoms with E-state index in [0.29, 0.717) is 0 Å². The first-order valence-electron chi connectivity index (χ1n) is 14.2. The minimum atomic E-state index is -2.72. The summed E-state index contributed by atoms with van der Waals surface area (Å²) in [5.41, 5.74) is -1.36. The molecule has 16 heteroatoms. The van der Waals surface area contributed by atoms with Crippen molar-refractivity contribution in [3.63, 3.8) is 0 Å². The van der Waals surface area contributed by atoms with Gasteiger partial charge in [-0.25, -0.2) is 26.9 Å². The van der Waals surface area contributed by atoms with E-state index in [2.05, 4.69) is 22.6 Å². The molecule has 2 aliphatic carbocycles. The monoisotopic (exact) mass is 836 g/mol. The molecule has 248 valence electrons. The number of benzene rings is 3. The van der Waals surface area contributed by atoms with Crippen molar-refractivity contribution < 1.29 is 46.2 Å². The smallest absolute Gasteiger partial charge is 0.258 e. The fourth-order valence-electron chi connectivity index (χ4n) is 7.51. The average Bonchev–Trinajstić information content (AvgIpc) is 3.38. The Morgan fingerprint density at radius 1 is 0.792 bits per heavy atom. The highest BCUT2D eigenvalue weighted by molar-refractivity contribution is 14.1. The molecule has 7 rings (SSSR count). The summed E-state index contributed by atoms with van der Waals surface area (Å²) in [5, 5.41) is 9.88. The Labute approximate surface area is 296 Å². The first kappa shape index (κ1) is 33.2. The van der Waals surface area contributed by atoms with E-state index >= 15 is 8.78 Å². The molecule has 1 saturated carbocycles. The summed E-state index contributed by atoms with van der Waals surface area (Å²) in [6.45, 7) is 0. The molecule has 0 spiro atoms. The minimum absolute atomic E-state index is 0.00411. The lowest BCUT2D eigenvalue weighted by Crippen LogP contribution is -2.60. The number of imide groups is 2. The van der Waals surface area contributed by atoms with E-state index in [1.54, 1.807) is 30.3 Å². The number of aromatic hydroxyl groups is 1. The summed E-state index contributed by atoms with van der Waals surface area (Å²) >= 11 is 22.7. The van der Waals surface area contributed by atoms with Gasteiger partial charge in [-0.1, -0.05) is 29.3 Å². The van der Waals surface area contributed by atoms with Crippen LogP contribution in [0.3, 0.4) is 0 Å². The Balaban J connectivity index is 1.44. The van der Waals surface area contributed by atoms with Gasteiger partial charge in [-0.3, -0.25) is 24.1 Å². The fraction of sp³-hybridized carbons (Fsp3) is 0.250. The van der Waals surface area contributed by atoms with Gasteiger partial charge in [-0.2, -0.15) is 0 Å². The number of phenols is 1. The van der Waals surface area contributed by atoms with E-state index in [1.165, 1.54) is 12.1 Å². The SMILES string of the molecule is O=C1C2CC=C3C(CC4(Cl)C(=O)N(c5c(F)c(F)c(F)c(F)c5F)C(=O)C4(Cl)C3c3ccc(O)cc3Cl)C2C(=O)N1c1ccc(I)cc1. The molecule has 2 heterocycles. The predicted octanol–water partition coefficient (Wildman–Crippen LogP) is 7.11. The second-order valence-electron chi connectivity index (χ2n) is 11.9. The number of phenolic OH excluding ortho intramolecular Hbond substituents is 1. The molecule has 48 heavy (non-hydrogen) atoms. The molecule has 6 atom stereocenters.